The van der Waals surface area contributed by atoms with Crippen molar-refractivity contribution in [2.45, 2.75) is 20.3 Å². The molecule has 0 spiro atoms. The van der Waals surface area contributed by atoms with Gasteiger partial charge in [-0.1, -0.05) is 31.2 Å². The number of aryl methyl sites for hydroxylation is 4. The number of nitrogens with zero attached hydrogens (tertiary/aromatic N) is 2. The van der Waals surface area contributed by atoms with Crippen molar-refractivity contribution in [2.75, 3.05) is 0 Å². The molecule has 3 heteroatoms. The fourth-order valence-electron chi connectivity index (χ4n) is 2.99. The first-order chi connectivity index (χ1) is 10.0. The van der Waals surface area contributed by atoms with Crippen LogP contribution in [0.2, 0.25) is 0 Å². The summed E-state index contributed by atoms with van der Waals surface area (Å²) in [5, 5.41) is 1.04. The summed E-state index contributed by atoms with van der Waals surface area (Å²) in [5.74, 6) is 0. The van der Waals surface area contributed by atoms with E-state index in [9.17, 15) is 4.79 Å². The lowest BCUT2D eigenvalue weighted by molar-refractivity contribution is 0.845. The first-order valence-corrected chi connectivity index (χ1v) is 7.28. The second kappa shape index (κ2) is 4.92. The van der Waals surface area contributed by atoms with Gasteiger partial charge in [0, 0.05) is 36.9 Å². The summed E-state index contributed by atoms with van der Waals surface area (Å²) in [5.41, 5.74) is 5.58. The molecule has 0 radical (unpaired) electrons. The van der Waals surface area contributed by atoms with E-state index in [2.05, 4.69) is 37.3 Å². The Morgan fingerprint density at radius 3 is 2.52 bits per heavy atom. The van der Waals surface area contributed by atoms with Gasteiger partial charge in [0.25, 0.3) is 5.56 Å². The highest BCUT2D eigenvalue weighted by atomic mass is 16.1. The van der Waals surface area contributed by atoms with Crippen LogP contribution in [0.3, 0.4) is 0 Å². The fraction of sp³-hybridized carbons (Fsp3) is 0.278. The number of pyridine rings is 1. The van der Waals surface area contributed by atoms with Gasteiger partial charge in [-0.3, -0.25) is 4.79 Å². The Labute approximate surface area is 124 Å². The third-order valence-corrected chi connectivity index (χ3v) is 4.30. The normalized spacial score (nSPS) is 11.2. The zero-order valence-electron chi connectivity index (χ0n) is 13.0. The maximum Gasteiger partial charge on any atom is 0.274 e. The van der Waals surface area contributed by atoms with Crippen molar-refractivity contribution in [2.24, 2.45) is 14.1 Å². The van der Waals surface area contributed by atoms with Gasteiger partial charge < -0.3 is 9.13 Å². The second-order valence-electron chi connectivity index (χ2n) is 5.58. The Bertz CT molecular complexity index is 884. The summed E-state index contributed by atoms with van der Waals surface area (Å²) in [6.07, 6.45) is 2.94. The van der Waals surface area contributed by atoms with Crippen molar-refractivity contribution < 1.29 is 0 Å². The molecule has 0 aliphatic heterocycles. The van der Waals surface area contributed by atoms with Gasteiger partial charge in [-0.05, 0) is 30.5 Å². The smallest absolute Gasteiger partial charge is 0.274 e. The van der Waals surface area contributed by atoms with E-state index in [1.54, 1.807) is 4.57 Å². The molecule has 0 aliphatic carbocycles. The number of hydrogen-bond donors (Lipinski definition) is 0. The summed E-state index contributed by atoms with van der Waals surface area (Å²) in [4.78, 5) is 12.4. The van der Waals surface area contributed by atoms with Gasteiger partial charge in [0.1, 0.15) is 5.52 Å². The molecule has 2 aromatic heterocycles. The van der Waals surface area contributed by atoms with Crippen molar-refractivity contribution >= 4 is 10.9 Å². The largest absolute Gasteiger partial charge is 0.343 e. The van der Waals surface area contributed by atoms with Crippen LogP contribution in [0.1, 0.15) is 18.2 Å². The van der Waals surface area contributed by atoms with Crippen LogP contribution in [0.15, 0.2) is 41.3 Å². The van der Waals surface area contributed by atoms with Gasteiger partial charge in [0.15, 0.2) is 0 Å². The Hall–Kier alpha value is -2.29. The lowest BCUT2D eigenvalue weighted by Gasteiger charge is -2.11. The minimum atomic E-state index is 0.0540. The summed E-state index contributed by atoms with van der Waals surface area (Å²) < 4.78 is 3.67. The lowest BCUT2D eigenvalue weighted by Crippen LogP contribution is -2.18. The molecule has 0 fully saturated rings. The number of benzene rings is 1. The van der Waals surface area contributed by atoms with Gasteiger partial charge in [-0.25, -0.2) is 0 Å². The molecule has 0 saturated heterocycles. The number of rotatable bonds is 2. The van der Waals surface area contributed by atoms with Crippen LogP contribution in [0.4, 0.5) is 0 Å². The third-order valence-electron chi connectivity index (χ3n) is 4.30. The molecule has 0 amide bonds. The standard InChI is InChI=1S/C18H20N2O/c1-5-13-8-6-7-9-14(13)16-11-19(3)18(21)17-15(16)10-12(2)20(17)4/h6-11H,5H2,1-4H3. The van der Waals surface area contributed by atoms with Gasteiger partial charge in [-0.2, -0.15) is 0 Å². The molecule has 0 bridgehead atoms. The molecule has 0 aliphatic rings. The van der Waals surface area contributed by atoms with E-state index in [0.717, 1.165) is 28.6 Å². The van der Waals surface area contributed by atoms with E-state index < -0.39 is 0 Å². The van der Waals surface area contributed by atoms with Crippen molar-refractivity contribution in [3.63, 3.8) is 0 Å². The Kier molecular flexibility index (Phi) is 3.20. The van der Waals surface area contributed by atoms with Crippen LogP contribution in [-0.4, -0.2) is 9.13 Å². The lowest BCUT2D eigenvalue weighted by atomic mass is 9.97. The second-order valence-corrected chi connectivity index (χ2v) is 5.58. The minimum Gasteiger partial charge on any atom is -0.343 e. The first kappa shape index (κ1) is 13.7. The monoisotopic (exact) mass is 280 g/mol. The van der Waals surface area contributed by atoms with Crippen LogP contribution in [0, 0.1) is 6.92 Å². The number of fused-ring (bicyclic) bond motifs is 1. The van der Waals surface area contributed by atoms with Crippen molar-refractivity contribution in [3.05, 3.63) is 58.1 Å². The molecule has 0 N–H and O–H groups in total. The molecule has 21 heavy (non-hydrogen) atoms. The molecule has 0 saturated carbocycles. The first-order valence-electron chi connectivity index (χ1n) is 7.28. The fourth-order valence-corrected chi connectivity index (χ4v) is 2.99. The van der Waals surface area contributed by atoms with Gasteiger partial charge in [-0.15, -0.1) is 0 Å². The summed E-state index contributed by atoms with van der Waals surface area (Å²) in [6, 6.07) is 10.5. The molecule has 0 unspecified atom stereocenters. The van der Waals surface area contributed by atoms with E-state index in [0.29, 0.717) is 0 Å². The van der Waals surface area contributed by atoms with Crippen LogP contribution in [0.25, 0.3) is 22.0 Å². The molecule has 2 heterocycles. The van der Waals surface area contributed by atoms with E-state index in [-0.39, 0.29) is 5.56 Å². The average Bonchev–Trinajstić information content (AvgIpc) is 2.79. The highest BCUT2D eigenvalue weighted by Gasteiger charge is 2.15. The summed E-state index contributed by atoms with van der Waals surface area (Å²) >= 11 is 0. The average molecular weight is 280 g/mol. The Morgan fingerprint density at radius 1 is 1.10 bits per heavy atom. The quantitative estimate of drug-likeness (QED) is 0.706. The maximum absolute atomic E-state index is 12.4. The van der Waals surface area contributed by atoms with E-state index in [1.807, 2.05) is 31.8 Å². The van der Waals surface area contributed by atoms with E-state index in [1.165, 1.54) is 11.1 Å². The molecular weight excluding hydrogens is 260 g/mol. The van der Waals surface area contributed by atoms with Crippen LogP contribution in [-0.2, 0) is 20.5 Å². The maximum atomic E-state index is 12.4. The summed E-state index contributed by atoms with van der Waals surface area (Å²) in [7, 11) is 3.77. The highest BCUT2D eigenvalue weighted by Crippen LogP contribution is 2.31. The van der Waals surface area contributed by atoms with Crippen LogP contribution >= 0.6 is 0 Å². The van der Waals surface area contributed by atoms with E-state index in [4.69, 9.17) is 0 Å². The van der Waals surface area contributed by atoms with Crippen LogP contribution in [0.5, 0.6) is 0 Å². The minimum absolute atomic E-state index is 0.0540. The number of hydrogen-bond acceptors (Lipinski definition) is 1. The van der Waals surface area contributed by atoms with Crippen molar-refractivity contribution in [1.82, 2.24) is 9.13 Å². The van der Waals surface area contributed by atoms with Gasteiger partial charge in [0.2, 0.25) is 0 Å². The summed E-state index contributed by atoms with van der Waals surface area (Å²) in [6.45, 7) is 4.20. The van der Waals surface area contributed by atoms with E-state index >= 15 is 0 Å². The van der Waals surface area contributed by atoms with Gasteiger partial charge in [0.05, 0.1) is 0 Å². The van der Waals surface area contributed by atoms with Crippen LogP contribution < -0.4 is 5.56 Å². The molecule has 0 atom stereocenters. The van der Waals surface area contributed by atoms with Crippen molar-refractivity contribution in [3.8, 4) is 11.1 Å². The molecule has 108 valence electrons. The topological polar surface area (TPSA) is 26.9 Å². The Morgan fingerprint density at radius 2 is 1.81 bits per heavy atom. The molecular formula is C18H20N2O. The zero-order valence-corrected chi connectivity index (χ0v) is 13.0. The van der Waals surface area contributed by atoms with Crippen molar-refractivity contribution in [1.29, 1.82) is 0 Å². The van der Waals surface area contributed by atoms with Gasteiger partial charge >= 0.3 is 0 Å². The SMILES string of the molecule is CCc1ccccc1-c1cn(C)c(=O)c2c1cc(C)n2C. The zero-order chi connectivity index (χ0) is 15.1. The number of aromatic nitrogens is 2. The highest BCUT2D eigenvalue weighted by molar-refractivity contribution is 5.96. The predicted octanol–water partition coefficient (Wildman–Crippen LogP) is 3.41. The molecule has 3 aromatic rings. The predicted molar refractivity (Wildman–Crippen MR) is 87.7 cm³/mol. The molecule has 3 nitrogen and oxygen atoms in total. The molecule has 3 rings (SSSR count). The Balaban J connectivity index is 2.46. The molecule has 1 aromatic carbocycles. The third kappa shape index (κ3) is 2.00.